The van der Waals surface area contributed by atoms with Gasteiger partial charge in [0.2, 0.25) is 0 Å². The molecular formula is C16H14O3. The molecule has 0 saturated heterocycles. The second kappa shape index (κ2) is 5.98. The highest BCUT2D eigenvalue weighted by molar-refractivity contribution is 5.93. The molecule has 0 fully saturated rings. The number of hydrogen-bond acceptors (Lipinski definition) is 2. The Morgan fingerprint density at radius 3 is 2.00 bits per heavy atom. The highest BCUT2D eigenvalue weighted by Crippen LogP contribution is 2.23. The molecule has 2 rings (SSSR count). The van der Waals surface area contributed by atoms with Gasteiger partial charge in [-0.25, -0.2) is 4.79 Å². The van der Waals surface area contributed by atoms with Gasteiger partial charge in [0.15, 0.2) is 0 Å². The molecule has 0 amide bonds. The van der Waals surface area contributed by atoms with Crippen molar-refractivity contribution in [3.63, 3.8) is 0 Å². The molecule has 0 aromatic heterocycles. The Bertz CT molecular complexity index is 573. The minimum absolute atomic E-state index is 0.0441. The first kappa shape index (κ1) is 13.1. The average Bonchev–Trinajstić information content (AvgIpc) is 2.46. The maximum absolute atomic E-state index is 11.3. The van der Waals surface area contributed by atoms with E-state index in [1.54, 1.807) is 36.4 Å². The largest absolute Gasteiger partial charge is 0.478 e. The van der Waals surface area contributed by atoms with Crippen molar-refractivity contribution in [2.45, 2.75) is 6.10 Å². The standard InChI is InChI=1S/C16H14O3/c17-15(13-9-5-2-6-10-13)14(16(18)19)11-12-7-3-1-4-8-12/h1-11,15,17H,(H,18,19)/b14-11-. The highest BCUT2D eigenvalue weighted by Gasteiger charge is 2.19. The third kappa shape index (κ3) is 3.30. The van der Waals surface area contributed by atoms with Crippen LogP contribution in [0.2, 0.25) is 0 Å². The van der Waals surface area contributed by atoms with Crippen molar-refractivity contribution < 1.29 is 15.0 Å². The molecule has 2 aromatic carbocycles. The molecule has 2 N–H and O–H groups in total. The molecule has 19 heavy (non-hydrogen) atoms. The molecule has 0 aliphatic carbocycles. The zero-order valence-electron chi connectivity index (χ0n) is 10.2. The summed E-state index contributed by atoms with van der Waals surface area (Å²) in [6, 6.07) is 17.8. The molecule has 0 spiro atoms. The van der Waals surface area contributed by atoms with Crippen LogP contribution in [0, 0.1) is 0 Å². The van der Waals surface area contributed by atoms with Gasteiger partial charge in [0.1, 0.15) is 6.10 Å². The summed E-state index contributed by atoms with van der Waals surface area (Å²) in [6.07, 6.45) is 0.346. The van der Waals surface area contributed by atoms with Gasteiger partial charge in [-0.3, -0.25) is 0 Å². The van der Waals surface area contributed by atoms with Crippen molar-refractivity contribution in [2.75, 3.05) is 0 Å². The molecule has 0 heterocycles. The zero-order valence-corrected chi connectivity index (χ0v) is 10.2. The molecule has 0 radical (unpaired) electrons. The number of aliphatic hydroxyl groups is 1. The molecule has 0 saturated carbocycles. The lowest BCUT2D eigenvalue weighted by Crippen LogP contribution is -2.10. The fraction of sp³-hybridized carbons (Fsp3) is 0.0625. The Kier molecular flexibility index (Phi) is 4.11. The summed E-state index contributed by atoms with van der Waals surface area (Å²) in [7, 11) is 0. The summed E-state index contributed by atoms with van der Waals surface area (Å²) in [5, 5.41) is 19.4. The monoisotopic (exact) mass is 254 g/mol. The Morgan fingerprint density at radius 2 is 1.47 bits per heavy atom. The van der Waals surface area contributed by atoms with Crippen molar-refractivity contribution in [2.24, 2.45) is 0 Å². The predicted molar refractivity (Wildman–Crippen MR) is 73.5 cm³/mol. The van der Waals surface area contributed by atoms with E-state index in [9.17, 15) is 15.0 Å². The van der Waals surface area contributed by atoms with Gasteiger partial charge in [-0.2, -0.15) is 0 Å². The highest BCUT2D eigenvalue weighted by atomic mass is 16.4. The van der Waals surface area contributed by atoms with Crippen molar-refractivity contribution >= 4 is 12.0 Å². The molecular weight excluding hydrogens is 240 g/mol. The summed E-state index contributed by atoms with van der Waals surface area (Å²) in [4.78, 5) is 11.3. The maximum Gasteiger partial charge on any atom is 0.334 e. The van der Waals surface area contributed by atoms with Crippen LogP contribution in [0.1, 0.15) is 17.2 Å². The lowest BCUT2D eigenvalue weighted by molar-refractivity contribution is -0.133. The summed E-state index contributed by atoms with van der Waals surface area (Å²) < 4.78 is 0. The average molecular weight is 254 g/mol. The van der Waals surface area contributed by atoms with Gasteiger partial charge in [0.05, 0.1) is 5.57 Å². The van der Waals surface area contributed by atoms with Crippen molar-refractivity contribution in [1.82, 2.24) is 0 Å². The van der Waals surface area contributed by atoms with Gasteiger partial charge in [-0.1, -0.05) is 60.7 Å². The maximum atomic E-state index is 11.3. The van der Waals surface area contributed by atoms with E-state index in [2.05, 4.69) is 0 Å². The number of carboxylic acids is 1. The normalized spacial score (nSPS) is 13.0. The van der Waals surface area contributed by atoms with Gasteiger partial charge in [0.25, 0.3) is 0 Å². The van der Waals surface area contributed by atoms with Crippen LogP contribution >= 0.6 is 0 Å². The third-order valence-electron chi connectivity index (χ3n) is 2.78. The van der Waals surface area contributed by atoms with E-state index in [1.165, 1.54) is 6.08 Å². The van der Waals surface area contributed by atoms with E-state index in [0.717, 1.165) is 5.56 Å². The summed E-state index contributed by atoms with van der Waals surface area (Å²) in [5.74, 6) is -1.12. The molecule has 3 heteroatoms. The number of carboxylic acid groups (broad SMARTS) is 1. The van der Waals surface area contributed by atoms with Crippen LogP contribution in [0.5, 0.6) is 0 Å². The van der Waals surface area contributed by atoms with E-state index in [0.29, 0.717) is 5.56 Å². The predicted octanol–water partition coefficient (Wildman–Crippen LogP) is 2.89. The first-order valence-electron chi connectivity index (χ1n) is 5.91. The number of carbonyl (C=O) groups is 1. The Morgan fingerprint density at radius 1 is 0.947 bits per heavy atom. The molecule has 0 aliphatic rings. The number of benzene rings is 2. The van der Waals surface area contributed by atoms with Crippen LogP contribution in [-0.2, 0) is 4.79 Å². The smallest absolute Gasteiger partial charge is 0.334 e. The van der Waals surface area contributed by atoms with E-state index < -0.39 is 12.1 Å². The third-order valence-corrected chi connectivity index (χ3v) is 2.78. The van der Waals surface area contributed by atoms with E-state index >= 15 is 0 Å². The molecule has 1 unspecified atom stereocenters. The first-order chi connectivity index (χ1) is 9.18. The van der Waals surface area contributed by atoms with Crippen LogP contribution < -0.4 is 0 Å². The fourth-order valence-electron chi connectivity index (χ4n) is 1.80. The number of aliphatic carboxylic acids is 1. The van der Waals surface area contributed by atoms with Crippen LogP contribution in [0.25, 0.3) is 6.08 Å². The molecule has 2 aromatic rings. The van der Waals surface area contributed by atoms with Crippen LogP contribution in [0.3, 0.4) is 0 Å². The fourth-order valence-corrected chi connectivity index (χ4v) is 1.80. The molecule has 0 bridgehead atoms. The van der Waals surface area contributed by atoms with Gasteiger partial charge in [-0.15, -0.1) is 0 Å². The van der Waals surface area contributed by atoms with Gasteiger partial charge in [-0.05, 0) is 17.2 Å². The van der Waals surface area contributed by atoms with Crippen molar-refractivity contribution in [1.29, 1.82) is 0 Å². The zero-order chi connectivity index (χ0) is 13.7. The second-order valence-electron chi connectivity index (χ2n) is 4.13. The Hall–Kier alpha value is -2.39. The van der Waals surface area contributed by atoms with Crippen molar-refractivity contribution in [3.8, 4) is 0 Å². The van der Waals surface area contributed by atoms with Gasteiger partial charge in [0, 0.05) is 0 Å². The number of rotatable bonds is 4. The van der Waals surface area contributed by atoms with E-state index in [1.807, 2.05) is 24.3 Å². The van der Waals surface area contributed by atoms with E-state index in [4.69, 9.17) is 0 Å². The lowest BCUT2D eigenvalue weighted by Gasteiger charge is -2.12. The number of aliphatic hydroxyl groups excluding tert-OH is 1. The minimum atomic E-state index is -1.14. The Labute approximate surface area is 111 Å². The molecule has 1 atom stereocenters. The van der Waals surface area contributed by atoms with Crippen molar-refractivity contribution in [3.05, 3.63) is 77.4 Å². The summed E-state index contributed by atoms with van der Waals surface area (Å²) in [6.45, 7) is 0. The summed E-state index contributed by atoms with van der Waals surface area (Å²) in [5.41, 5.74) is 1.26. The molecule has 0 aliphatic heterocycles. The van der Waals surface area contributed by atoms with Crippen LogP contribution in [-0.4, -0.2) is 16.2 Å². The first-order valence-corrected chi connectivity index (χ1v) is 5.91. The van der Waals surface area contributed by atoms with Crippen LogP contribution in [0.15, 0.2) is 66.2 Å². The topological polar surface area (TPSA) is 57.5 Å². The Balaban J connectivity index is 2.36. The lowest BCUT2D eigenvalue weighted by atomic mass is 9.99. The van der Waals surface area contributed by atoms with Gasteiger partial charge >= 0.3 is 5.97 Å². The second-order valence-corrected chi connectivity index (χ2v) is 4.13. The van der Waals surface area contributed by atoms with Crippen LogP contribution in [0.4, 0.5) is 0 Å². The molecule has 3 nitrogen and oxygen atoms in total. The molecule has 96 valence electrons. The van der Waals surface area contributed by atoms with E-state index in [-0.39, 0.29) is 5.57 Å². The quantitative estimate of drug-likeness (QED) is 0.825. The minimum Gasteiger partial charge on any atom is -0.478 e. The number of hydrogen-bond donors (Lipinski definition) is 2. The van der Waals surface area contributed by atoms with Gasteiger partial charge < -0.3 is 10.2 Å². The summed E-state index contributed by atoms with van der Waals surface area (Å²) >= 11 is 0. The SMILES string of the molecule is O=C(O)/C(=C\c1ccccc1)C(O)c1ccccc1.